The molecule has 0 N–H and O–H groups in total. The number of hydrogen-bond donors (Lipinski definition) is 0. The molecule has 0 aliphatic carbocycles. The van der Waals surface area contributed by atoms with Crippen LogP contribution in [0.2, 0.25) is 0 Å². The summed E-state index contributed by atoms with van der Waals surface area (Å²) >= 11 is 0. The number of ketones is 1. The first-order chi connectivity index (χ1) is 12.6. The SMILES string of the molecule is O=C(C[n+]1ccn2cccc2c1-c1ccc(F)cc1)c1ccc(F)cc1. The van der Waals surface area contributed by atoms with Gasteiger partial charge in [0.2, 0.25) is 18.0 Å². The number of benzene rings is 2. The Labute approximate surface area is 148 Å². The fraction of sp³-hybridized carbons (Fsp3) is 0.0476. The first-order valence-corrected chi connectivity index (χ1v) is 8.16. The van der Waals surface area contributed by atoms with Gasteiger partial charge in [0.25, 0.3) is 0 Å². The van der Waals surface area contributed by atoms with Crippen molar-refractivity contribution in [2.75, 3.05) is 0 Å². The van der Waals surface area contributed by atoms with Crippen LogP contribution >= 0.6 is 0 Å². The molecule has 0 fully saturated rings. The molecular weight excluding hydrogens is 334 g/mol. The van der Waals surface area contributed by atoms with E-state index in [4.69, 9.17) is 0 Å². The van der Waals surface area contributed by atoms with E-state index in [2.05, 4.69) is 0 Å². The average molecular weight is 349 g/mol. The standard InChI is InChI=1S/C21H15F2N2O/c22-17-7-3-15(4-8-17)20(26)14-25-13-12-24-11-1-2-19(24)21(25)16-5-9-18(23)10-6-16/h1-13H,14H2/q+1. The monoisotopic (exact) mass is 349 g/mol. The number of hydrogen-bond acceptors (Lipinski definition) is 1. The summed E-state index contributed by atoms with van der Waals surface area (Å²) in [6, 6.07) is 15.5. The van der Waals surface area contributed by atoms with Crippen LogP contribution in [0.5, 0.6) is 0 Å². The van der Waals surface area contributed by atoms with Crippen molar-refractivity contribution in [1.29, 1.82) is 0 Å². The highest BCUT2D eigenvalue weighted by Gasteiger charge is 2.21. The van der Waals surface area contributed by atoms with Crippen molar-refractivity contribution in [2.24, 2.45) is 0 Å². The van der Waals surface area contributed by atoms with Gasteiger partial charge in [-0.05, 0) is 60.7 Å². The molecule has 5 heteroatoms. The van der Waals surface area contributed by atoms with Gasteiger partial charge >= 0.3 is 0 Å². The van der Waals surface area contributed by atoms with Gasteiger partial charge < -0.3 is 4.40 Å². The van der Waals surface area contributed by atoms with E-state index in [0.29, 0.717) is 5.56 Å². The van der Waals surface area contributed by atoms with Crippen molar-refractivity contribution in [3.8, 4) is 11.3 Å². The van der Waals surface area contributed by atoms with Gasteiger partial charge in [-0.15, -0.1) is 0 Å². The summed E-state index contributed by atoms with van der Waals surface area (Å²) < 4.78 is 30.2. The highest BCUT2D eigenvalue weighted by molar-refractivity contribution is 5.95. The van der Waals surface area contributed by atoms with Crippen LogP contribution in [-0.2, 0) is 6.54 Å². The Morgan fingerprint density at radius 2 is 1.54 bits per heavy atom. The lowest BCUT2D eigenvalue weighted by atomic mass is 10.1. The normalized spacial score (nSPS) is 11.0. The molecular formula is C21H15F2N2O+. The summed E-state index contributed by atoms with van der Waals surface area (Å²) in [5, 5.41) is 0. The lowest BCUT2D eigenvalue weighted by Gasteiger charge is -2.07. The molecule has 26 heavy (non-hydrogen) atoms. The van der Waals surface area contributed by atoms with Gasteiger partial charge in [0.15, 0.2) is 6.20 Å². The van der Waals surface area contributed by atoms with Crippen molar-refractivity contribution < 1.29 is 18.1 Å². The molecule has 128 valence electrons. The second-order valence-corrected chi connectivity index (χ2v) is 6.01. The number of aromatic nitrogens is 2. The molecule has 0 bridgehead atoms. The van der Waals surface area contributed by atoms with Crippen molar-refractivity contribution in [2.45, 2.75) is 6.54 Å². The van der Waals surface area contributed by atoms with Gasteiger partial charge in [-0.2, -0.15) is 4.57 Å². The number of halogens is 2. The summed E-state index contributed by atoms with van der Waals surface area (Å²) in [5.74, 6) is -0.824. The number of fused-ring (bicyclic) bond motifs is 1. The van der Waals surface area contributed by atoms with E-state index < -0.39 is 0 Å². The highest BCUT2D eigenvalue weighted by Crippen LogP contribution is 2.22. The van der Waals surface area contributed by atoms with Crippen LogP contribution in [0.3, 0.4) is 0 Å². The van der Waals surface area contributed by atoms with Gasteiger partial charge in [0.05, 0.1) is 6.20 Å². The first-order valence-electron chi connectivity index (χ1n) is 8.16. The largest absolute Gasteiger partial charge is 0.312 e. The lowest BCUT2D eigenvalue weighted by Crippen LogP contribution is -2.40. The lowest BCUT2D eigenvalue weighted by molar-refractivity contribution is -0.671. The van der Waals surface area contributed by atoms with Crippen LogP contribution in [0.1, 0.15) is 10.4 Å². The molecule has 2 aromatic carbocycles. The van der Waals surface area contributed by atoms with Crippen LogP contribution in [0.4, 0.5) is 8.78 Å². The maximum atomic E-state index is 13.3. The van der Waals surface area contributed by atoms with Crippen LogP contribution in [0.25, 0.3) is 16.8 Å². The van der Waals surface area contributed by atoms with Crippen LogP contribution in [0, 0.1) is 11.6 Å². The minimum Gasteiger partial charge on any atom is -0.312 e. The molecule has 0 radical (unpaired) electrons. The van der Waals surface area contributed by atoms with Gasteiger partial charge in [-0.3, -0.25) is 4.79 Å². The minimum atomic E-state index is -0.379. The number of Topliss-reactive ketones (excluding diaryl/α,β-unsaturated/α-hetero) is 1. The van der Waals surface area contributed by atoms with Crippen LogP contribution < -0.4 is 4.57 Å². The van der Waals surface area contributed by atoms with Gasteiger partial charge in [0, 0.05) is 17.3 Å². The van der Waals surface area contributed by atoms with E-state index in [1.54, 1.807) is 12.1 Å². The van der Waals surface area contributed by atoms with E-state index in [1.165, 1.54) is 36.4 Å². The summed E-state index contributed by atoms with van der Waals surface area (Å²) in [7, 11) is 0. The van der Waals surface area contributed by atoms with Gasteiger partial charge in [0.1, 0.15) is 17.2 Å². The Morgan fingerprint density at radius 1 is 0.885 bits per heavy atom. The Kier molecular flexibility index (Phi) is 4.05. The predicted molar refractivity (Wildman–Crippen MR) is 93.7 cm³/mol. The number of nitrogens with zero attached hydrogens (tertiary/aromatic N) is 2. The molecule has 0 aliphatic rings. The summed E-state index contributed by atoms with van der Waals surface area (Å²) in [6.07, 6.45) is 5.59. The molecule has 0 saturated carbocycles. The van der Waals surface area contributed by atoms with Crippen molar-refractivity contribution in [3.63, 3.8) is 0 Å². The van der Waals surface area contributed by atoms with E-state index in [1.807, 2.05) is 39.7 Å². The molecule has 2 aromatic heterocycles. The van der Waals surface area contributed by atoms with Gasteiger partial charge in [-0.1, -0.05) is 0 Å². The Balaban J connectivity index is 1.79. The molecule has 0 spiro atoms. The van der Waals surface area contributed by atoms with Crippen molar-refractivity contribution in [3.05, 3.63) is 96.5 Å². The summed E-state index contributed by atoms with van der Waals surface area (Å²) in [4.78, 5) is 12.6. The number of rotatable bonds is 4. The van der Waals surface area contributed by atoms with E-state index >= 15 is 0 Å². The van der Waals surface area contributed by atoms with E-state index in [0.717, 1.165) is 16.8 Å². The zero-order valence-electron chi connectivity index (χ0n) is 13.8. The molecule has 4 aromatic rings. The third kappa shape index (κ3) is 2.99. The highest BCUT2D eigenvalue weighted by atomic mass is 19.1. The Hall–Kier alpha value is -3.34. The first kappa shape index (κ1) is 16.1. The fourth-order valence-electron chi connectivity index (χ4n) is 3.03. The van der Waals surface area contributed by atoms with Gasteiger partial charge in [-0.25, -0.2) is 8.78 Å². The second-order valence-electron chi connectivity index (χ2n) is 6.01. The smallest absolute Gasteiger partial charge is 0.237 e. The Bertz CT molecular complexity index is 1080. The van der Waals surface area contributed by atoms with Crippen molar-refractivity contribution in [1.82, 2.24) is 4.40 Å². The fourth-order valence-corrected chi connectivity index (χ4v) is 3.03. The summed E-state index contributed by atoms with van der Waals surface area (Å²) in [6.45, 7) is 0.0972. The molecule has 0 saturated heterocycles. The number of carbonyl (C=O) groups excluding carboxylic acids is 1. The van der Waals surface area contributed by atoms with E-state index in [-0.39, 0.29) is 24.0 Å². The second kappa shape index (κ2) is 6.52. The molecule has 0 amide bonds. The number of carbonyl (C=O) groups is 1. The predicted octanol–water partition coefficient (Wildman–Crippen LogP) is 4.05. The molecule has 0 atom stereocenters. The molecule has 3 nitrogen and oxygen atoms in total. The Morgan fingerprint density at radius 3 is 2.23 bits per heavy atom. The maximum Gasteiger partial charge on any atom is 0.237 e. The third-order valence-corrected chi connectivity index (χ3v) is 4.31. The van der Waals surface area contributed by atoms with Crippen LogP contribution in [0.15, 0.2) is 79.3 Å². The topological polar surface area (TPSA) is 25.4 Å². The quantitative estimate of drug-likeness (QED) is 0.403. The maximum absolute atomic E-state index is 13.3. The molecule has 2 heterocycles. The summed E-state index contributed by atoms with van der Waals surface area (Å²) in [5.41, 5.74) is 2.97. The zero-order chi connectivity index (χ0) is 18.1. The van der Waals surface area contributed by atoms with Crippen LogP contribution in [-0.4, -0.2) is 10.2 Å². The molecule has 4 rings (SSSR count). The molecule has 0 aliphatic heterocycles. The molecule has 0 unspecified atom stereocenters. The zero-order valence-corrected chi connectivity index (χ0v) is 13.8. The van der Waals surface area contributed by atoms with Crippen molar-refractivity contribution >= 4 is 11.3 Å². The minimum absolute atomic E-state index is 0.0972. The average Bonchev–Trinajstić information content (AvgIpc) is 3.12. The van der Waals surface area contributed by atoms with E-state index in [9.17, 15) is 13.6 Å². The third-order valence-electron chi connectivity index (χ3n) is 4.31.